The van der Waals surface area contributed by atoms with Crippen LogP contribution >= 0.6 is 0 Å². The monoisotopic (exact) mass is 2060 g/mol. The third-order valence-corrected chi connectivity index (χ3v) is 30.7. The minimum absolute atomic E-state index is 0.129. The molecule has 4 aliphatic carbocycles. The second-order valence-electron chi connectivity index (χ2n) is 45.7. The number of allylic oxidation sites excluding steroid dienone is 10. The molecule has 16 rings (SSSR count). The molecule has 8 aromatic rings. The summed E-state index contributed by atoms with van der Waals surface area (Å²) in [4.78, 5) is 27.0. The highest BCUT2D eigenvalue weighted by Crippen LogP contribution is 2.60. The quantitative estimate of drug-likeness (QED) is 0.0160. The molecular weight excluding hydrogens is 1870 g/mol. The summed E-state index contributed by atoms with van der Waals surface area (Å²) in [6.07, 6.45) is 45.1. The Kier molecular flexibility index (Phi) is 46.9. The Morgan fingerprint density at radius 3 is 0.787 bits per heavy atom. The summed E-state index contributed by atoms with van der Waals surface area (Å²) in [6.45, 7) is 58.7. The first kappa shape index (κ1) is 123. The lowest BCUT2D eigenvalue weighted by atomic mass is 9.67. The molecule has 4 aliphatic heterocycles. The van der Waals surface area contributed by atoms with Crippen LogP contribution in [0.1, 0.15) is 428 Å². The number of unbranched alkanes of at least 4 members (excludes halogenated alkanes) is 12. The highest BCUT2D eigenvalue weighted by atomic mass is 16.5. The van der Waals surface area contributed by atoms with Gasteiger partial charge in [-0.1, -0.05) is 237 Å². The van der Waals surface area contributed by atoms with Crippen molar-refractivity contribution >= 4 is 29.1 Å². The van der Waals surface area contributed by atoms with Crippen molar-refractivity contribution in [2.24, 2.45) is 23.7 Å². The normalized spacial score (nSPS) is 19.2. The molecule has 0 saturated carbocycles. The van der Waals surface area contributed by atoms with Crippen LogP contribution in [0.15, 0.2) is 169 Å². The van der Waals surface area contributed by atoms with Crippen molar-refractivity contribution in [3.05, 3.63) is 247 Å². The van der Waals surface area contributed by atoms with Crippen molar-refractivity contribution in [2.75, 3.05) is 0 Å². The molecule has 0 fully saturated rings. The van der Waals surface area contributed by atoms with Gasteiger partial charge in [-0.2, -0.15) is 0 Å². The number of fused-ring (bicyclic) bond motifs is 12. The fourth-order valence-corrected chi connectivity index (χ4v) is 23.1. The number of hydrogen-bond acceptors (Lipinski definition) is 15. The largest absolute Gasteiger partial charge is 0.508 e. The van der Waals surface area contributed by atoms with Crippen LogP contribution in [0.25, 0.3) is 33.4 Å². The molecule has 0 saturated heterocycles. The maximum atomic E-state index is 10.7. The van der Waals surface area contributed by atoms with E-state index in [9.17, 15) is 40.9 Å². The maximum absolute atomic E-state index is 10.7. The molecule has 0 amide bonds. The second kappa shape index (κ2) is 57.1. The third-order valence-electron chi connectivity index (χ3n) is 30.7. The van der Waals surface area contributed by atoms with E-state index in [-0.39, 0.29) is 57.2 Å². The summed E-state index contributed by atoms with van der Waals surface area (Å²) in [5, 5.41) is 107. The van der Waals surface area contributed by atoms with Crippen molar-refractivity contribution < 1.29 is 89.5 Å². The zero-order chi connectivity index (χ0) is 111. The molecule has 820 valence electrons. The van der Waals surface area contributed by atoms with Gasteiger partial charge < -0.3 is 75.1 Å². The lowest BCUT2D eigenvalue weighted by Gasteiger charge is -2.47. The Bertz CT molecular complexity index is 5580. The first-order valence-corrected chi connectivity index (χ1v) is 55.8. The van der Waals surface area contributed by atoms with Crippen LogP contribution in [-0.2, 0) is 52.9 Å². The summed E-state index contributed by atoms with van der Waals surface area (Å²) >= 11 is 0. The Morgan fingerprint density at radius 2 is 0.540 bits per heavy atom. The zero-order valence-electron chi connectivity index (χ0n) is 95.6. The van der Waals surface area contributed by atoms with Gasteiger partial charge in [-0.25, -0.2) is 0 Å². The Morgan fingerprint density at radius 1 is 0.313 bits per heavy atom. The van der Waals surface area contributed by atoms with E-state index in [0.717, 1.165) is 250 Å². The number of phenols is 8. The average molecular weight is 2060 g/mol. The van der Waals surface area contributed by atoms with E-state index < -0.39 is 17.9 Å². The molecule has 8 atom stereocenters. The van der Waals surface area contributed by atoms with E-state index in [2.05, 4.69) is 186 Å². The third kappa shape index (κ3) is 34.6. The minimum atomic E-state index is -0.833. The van der Waals surface area contributed by atoms with Crippen molar-refractivity contribution in [1.29, 1.82) is 0 Å². The molecule has 150 heavy (non-hydrogen) atoms. The second-order valence-corrected chi connectivity index (χ2v) is 45.7. The number of rotatable bonds is 28. The van der Waals surface area contributed by atoms with Crippen LogP contribution in [0, 0.1) is 37.5 Å². The van der Waals surface area contributed by atoms with E-state index in [4.69, 9.17) is 48.7 Å². The molecule has 8 aliphatic rings. The fraction of sp³-hybridized carbons (Fsp3) is 0.523. The number of carbonyl (C=O) groups is 3. The van der Waals surface area contributed by atoms with Gasteiger partial charge in [-0.05, 0) is 368 Å². The first-order valence-electron chi connectivity index (χ1n) is 55.8. The SMILES string of the molecule is C=C(C)c1ccc(C)cc1-c1c(O)cc(CCCCC)cc1O.C=C(C)c1ccc(C)cc1-c1c(O)cc(CCCCC)cc1O.CC(=O)O.CC(=O)O.CC(=O)O.CCCCCc1cc(O)c2c(c1)OC(C)(C)[C@@H]1CC=C(C)C[C@@H]21.CCCCCc1cc(O)c2c(c1)OC(C)(C)[C@@H]1CC=C(C)C[C@@H]21.CCCCCc1cc(O)c2c(c1)OC(C)(C)[C@@H]1CCC(C)=C[C@@H]21.CCCCCc1cc(O)c2c(c1)OC(C)(C)[C@@H]1CCC(C)=C[C@@H]21. The van der Waals surface area contributed by atoms with Crippen LogP contribution in [0.2, 0.25) is 0 Å². The van der Waals surface area contributed by atoms with Crippen LogP contribution < -0.4 is 18.9 Å². The topological polar surface area (TPSA) is 311 Å². The van der Waals surface area contributed by atoms with Crippen molar-refractivity contribution in [1.82, 2.24) is 0 Å². The Hall–Kier alpha value is -11.8. The van der Waals surface area contributed by atoms with Gasteiger partial charge in [0.25, 0.3) is 17.9 Å². The number of aryl methyl sites for hydroxylation is 8. The number of phenolic OH excluding ortho intramolecular Hbond substituents is 8. The van der Waals surface area contributed by atoms with Gasteiger partial charge in [0, 0.05) is 90.4 Å². The first-order chi connectivity index (χ1) is 70.7. The molecule has 11 N–H and O–H groups in total. The maximum Gasteiger partial charge on any atom is 0.300 e. The molecule has 18 nitrogen and oxygen atoms in total. The Labute approximate surface area is 899 Å². The highest BCUT2D eigenvalue weighted by molar-refractivity contribution is 5.88. The number of hydrogen-bond donors (Lipinski definition) is 11. The smallest absolute Gasteiger partial charge is 0.300 e. The molecule has 0 radical (unpaired) electrons. The van der Waals surface area contributed by atoms with E-state index in [0.29, 0.717) is 69.6 Å². The number of carboxylic acids is 3. The summed E-state index contributed by atoms with van der Waals surface area (Å²) in [7, 11) is 0. The van der Waals surface area contributed by atoms with Crippen molar-refractivity contribution in [2.45, 2.75) is 425 Å². The summed E-state index contributed by atoms with van der Waals surface area (Å²) < 4.78 is 25.5. The average Bonchev–Trinajstić information content (AvgIpc) is 0.750. The minimum Gasteiger partial charge on any atom is -0.508 e. The van der Waals surface area contributed by atoms with Gasteiger partial charge >= 0.3 is 0 Å². The van der Waals surface area contributed by atoms with E-state index in [1.54, 1.807) is 24.3 Å². The summed E-state index contributed by atoms with van der Waals surface area (Å²) in [5.41, 5.74) is 24.4. The van der Waals surface area contributed by atoms with Crippen LogP contribution in [0.3, 0.4) is 0 Å². The van der Waals surface area contributed by atoms with Gasteiger partial charge in [0.2, 0.25) is 0 Å². The predicted molar refractivity (Wildman–Crippen MR) is 617 cm³/mol. The molecule has 4 heterocycles. The summed E-state index contributed by atoms with van der Waals surface area (Å²) in [5.74, 6) is 6.45. The summed E-state index contributed by atoms with van der Waals surface area (Å²) in [6, 6.07) is 35.6. The van der Waals surface area contributed by atoms with E-state index in [1.165, 1.54) is 122 Å². The molecule has 0 aromatic heterocycles. The zero-order valence-corrected chi connectivity index (χ0v) is 95.6. The molecule has 0 bridgehead atoms. The number of aliphatic carboxylic acids is 3. The molecule has 0 spiro atoms. The fourth-order valence-electron chi connectivity index (χ4n) is 23.1. The number of benzene rings is 8. The standard InChI is InChI=1S/4C21H30O2.2C21H26O2.3C2H4O2/c4*1-5-6-7-8-15-12-18(22)20-16-11-14(2)9-10-17(16)21(3,4)23-19(20)13-15;2*1-5-6-7-8-16-12-19(22)21(20(23)13-16)18-11-15(4)9-10-17(18)14(2)3;3*1-2(3)4/h2*11-13,16-17,22H,5-10H2,1-4H3;2*9,12-13,16-17,22H,5-8,10-11H2,1-4H3;2*9-13,22-23H,2,5-8H2,1,3-4H3;3*1H3,(H,3,4)/t4*16-,17-;;;;;/m1111...../s1. The Balaban J connectivity index is 0.000000214. The molecule has 0 unspecified atom stereocenters. The lowest BCUT2D eigenvalue weighted by Crippen LogP contribution is -2.45. The van der Waals surface area contributed by atoms with Gasteiger partial charge in [0.05, 0.1) is 11.1 Å². The van der Waals surface area contributed by atoms with E-state index in [1.807, 2.05) is 88.4 Å². The number of ether oxygens (including phenoxy) is 4. The number of carboxylic acid groups (broad SMARTS) is 3. The van der Waals surface area contributed by atoms with Crippen LogP contribution in [0.5, 0.6) is 69.0 Å². The predicted octanol–water partition coefficient (Wildman–Crippen LogP) is 34.9. The van der Waals surface area contributed by atoms with Gasteiger partial charge in [0.15, 0.2) is 0 Å². The van der Waals surface area contributed by atoms with Crippen LogP contribution in [-0.4, -0.2) is 96.5 Å². The van der Waals surface area contributed by atoms with Gasteiger partial charge in [-0.3, -0.25) is 14.4 Å². The number of aromatic hydroxyl groups is 8. The molecular formula is C132H184O18. The van der Waals surface area contributed by atoms with Gasteiger partial charge in [-0.15, -0.1) is 0 Å². The van der Waals surface area contributed by atoms with Crippen molar-refractivity contribution in [3.8, 4) is 91.2 Å². The highest BCUT2D eigenvalue weighted by Gasteiger charge is 2.50. The lowest BCUT2D eigenvalue weighted by molar-refractivity contribution is -0.135. The van der Waals surface area contributed by atoms with Crippen LogP contribution in [0.4, 0.5) is 0 Å². The molecule has 8 aromatic carbocycles. The van der Waals surface area contributed by atoms with E-state index >= 15 is 0 Å². The van der Waals surface area contributed by atoms with Crippen molar-refractivity contribution in [3.63, 3.8) is 0 Å². The van der Waals surface area contributed by atoms with Gasteiger partial charge in [0.1, 0.15) is 91.4 Å². The molecule has 18 heteroatoms.